The van der Waals surface area contributed by atoms with Gasteiger partial charge in [-0.05, 0) is 12.3 Å². The van der Waals surface area contributed by atoms with Crippen LogP contribution >= 0.6 is 24.0 Å². The Hall–Kier alpha value is -0.570. The van der Waals surface area contributed by atoms with Crippen molar-refractivity contribution >= 4 is 35.8 Å². The van der Waals surface area contributed by atoms with Crippen LogP contribution < -0.4 is 5.73 Å². The molecule has 2 heterocycles. The normalized spacial score (nSPS) is 25.2. The summed E-state index contributed by atoms with van der Waals surface area (Å²) in [6, 6.07) is 0. The molecule has 2 aliphatic rings. The first-order valence-corrected chi connectivity index (χ1v) is 6.53. The van der Waals surface area contributed by atoms with E-state index in [2.05, 4.69) is 4.99 Å². The summed E-state index contributed by atoms with van der Waals surface area (Å²) in [6.45, 7) is 4.52. The number of nitrogens with two attached hydrogens (primary N) is 1. The average molecular weight is 382 g/mol. The number of rotatable bonds is 2. The lowest BCUT2D eigenvalue weighted by molar-refractivity contribution is -0.133. The zero-order chi connectivity index (χ0) is 13.0. The molecule has 19 heavy (non-hydrogen) atoms. The van der Waals surface area contributed by atoms with Gasteiger partial charge in [-0.2, -0.15) is 0 Å². The molecule has 1 amide bonds. The molecule has 6 nitrogen and oxygen atoms in total. The third-order valence-corrected chi connectivity index (χ3v) is 3.61. The monoisotopic (exact) mass is 382 g/mol. The second-order valence-corrected chi connectivity index (χ2v) is 4.97. The smallest absolute Gasteiger partial charge is 0.222 e. The number of hydrogen-bond donors (Lipinski definition) is 1. The van der Waals surface area contributed by atoms with Crippen molar-refractivity contribution in [1.29, 1.82) is 0 Å². The summed E-state index contributed by atoms with van der Waals surface area (Å²) >= 11 is 0. The Morgan fingerprint density at radius 2 is 2.11 bits per heavy atom. The zero-order valence-corrected chi connectivity index (χ0v) is 13.7. The number of guanidine groups is 1. The predicted octanol–water partition coefficient (Wildman–Crippen LogP) is 0.120. The van der Waals surface area contributed by atoms with E-state index in [-0.39, 0.29) is 29.9 Å². The fraction of sp³-hybridized carbons (Fsp3) is 0.833. The second-order valence-electron chi connectivity index (χ2n) is 4.97. The van der Waals surface area contributed by atoms with Crippen LogP contribution in [0.2, 0.25) is 0 Å². The summed E-state index contributed by atoms with van der Waals surface area (Å²) in [4.78, 5) is 19.8. The Labute approximate surface area is 131 Å². The van der Waals surface area contributed by atoms with Gasteiger partial charge in [0.15, 0.2) is 5.96 Å². The van der Waals surface area contributed by atoms with E-state index in [9.17, 15) is 4.79 Å². The molecule has 2 fully saturated rings. The van der Waals surface area contributed by atoms with Crippen molar-refractivity contribution in [3.8, 4) is 0 Å². The molecule has 110 valence electrons. The first-order valence-electron chi connectivity index (χ1n) is 6.53. The molecule has 0 aromatic carbocycles. The molecule has 1 atom stereocenters. The van der Waals surface area contributed by atoms with Gasteiger partial charge < -0.3 is 20.3 Å². The number of carbonyl (C=O) groups excluding carboxylic acids is 1. The largest absolute Gasteiger partial charge is 0.378 e. The van der Waals surface area contributed by atoms with Crippen molar-refractivity contribution in [2.45, 2.75) is 12.8 Å². The van der Waals surface area contributed by atoms with Crippen LogP contribution in [-0.2, 0) is 9.53 Å². The van der Waals surface area contributed by atoms with E-state index in [1.54, 1.807) is 4.90 Å². The Bertz CT molecular complexity index is 332. The maximum atomic E-state index is 11.6. The van der Waals surface area contributed by atoms with Crippen LogP contribution in [0.5, 0.6) is 0 Å². The van der Waals surface area contributed by atoms with Gasteiger partial charge >= 0.3 is 0 Å². The number of likely N-dealkylation sites (tertiary alicyclic amines) is 1. The fourth-order valence-electron chi connectivity index (χ4n) is 2.28. The van der Waals surface area contributed by atoms with Gasteiger partial charge in [0.25, 0.3) is 0 Å². The molecule has 0 spiro atoms. The van der Waals surface area contributed by atoms with Crippen molar-refractivity contribution in [2.24, 2.45) is 16.6 Å². The average Bonchev–Trinajstić information content (AvgIpc) is 2.41. The molecule has 7 heteroatoms. The lowest BCUT2D eigenvalue weighted by Gasteiger charge is -2.29. The number of carbonyl (C=O) groups is 1. The summed E-state index contributed by atoms with van der Waals surface area (Å²) in [7, 11) is 1.85. The molecule has 2 N–H and O–H groups in total. The number of hydrogen-bond acceptors (Lipinski definition) is 3. The maximum Gasteiger partial charge on any atom is 0.222 e. The van der Waals surface area contributed by atoms with E-state index < -0.39 is 0 Å². The lowest BCUT2D eigenvalue weighted by atomic mass is 9.97. The SMILES string of the molecule is CN1CCC(CN=C(N)N2CCOCC2)CC1=O.I. The van der Waals surface area contributed by atoms with Gasteiger partial charge in [-0.1, -0.05) is 0 Å². The Balaban J connectivity index is 0.00000180. The summed E-state index contributed by atoms with van der Waals surface area (Å²) in [5, 5.41) is 0. The summed E-state index contributed by atoms with van der Waals surface area (Å²) in [5.74, 6) is 1.14. The zero-order valence-electron chi connectivity index (χ0n) is 11.4. The van der Waals surface area contributed by atoms with E-state index >= 15 is 0 Å². The topological polar surface area (TPSA) is 71.2 Å². The highest BCUT2D eigenvalue weighted by atomic mass is 127. The molecule has 0 bridgehead atoms. The Morgan fingerprint density at radius 3 is 2.74 bits per heavy atom. The van der Waals surface area contributed by atoms with Crippen molar-refractivity contribution in [3.05, 3.63) is 0 Å². The minimum atomic E-state index is 0. The number of morpholine rings is 1. The van der Waals surface area contributed by atoms with Crippen LogP contribution in [0.4, 0.5) is 0 Å². The van der Waals surface area contributed by atoms with E-state index in [0.29, 0.717) is 38.1 Å². The van der Waals surface area contributed by atoms with Crippen molar-refractivity contribution in [2.75, 3.05) is 46.4 Å². The van der Waals surface area contributed by atoms with Gasteiger partial charge in [0, 0.05) is 39.6 Å². The molecule has 0 radical (unpaired) electrons. The molecule has 0 saturated carbocycles. The number of nitrogens with zero attached hydrogens (tertiary/aromatic N) is 3. The number of aliphatic imine (C=N–C) groups is 1. The van der Waals surface area contributed by atoms with Crippen LogP contribution in [0.3, 0.4) is 0 Å². The van der Waals surface area contributed by atoms with Crippen molar-refractivity contribution < 1.29 is 9.53 Å². The quantitative estimate of drug-likeness (QED) is 0.419. The van der Waals surface area contributed by atoms with Gasteiger partial charge in [0.1, 0.15) is 0 Å². The molecule has 2 aliphatic heterocycles. The van der Waals surface area contributed by atoms with E-state index in [1.807, 2.05) is 11.9 Å². The molecule has 2 saturated heterocycles. The van der Waals surface area contributed by atoms with Crippen LogP contribution in [0.25, 0.3) is 0 Å². The summed E-state index contributed by atoms with van der Waals surface area (Å²) < 4.78 is 5.27. The Kier molecular flexibility index (Phi) is 6.84. The van der Waals surface area contributed by atoms with Gasteiger partial charge in [0.05, 0.1) is 13.2 Å². The van der Waals surface area contributed by atoms with Crippen LogP contribution in [-0.4, -0.2) is 68.1 Å². The van der Waals surface area contributed by atoms with E-state index in [0.717, 1.165) is 26.1 Å². The second kappa shape index (κ2) is 7.88. The lowest BCUT2D eigenvalue weighted by Crippen LogP contribution is -2.45. The molecular formula is C12H23IN4O2. The third-order valence-electron chi connectivity index (χ3n) is 3.61. The van der Waals surface area contributed by atoms with Crippen molar-refractivity contribution in [3.63, 3.8) is 0 Å². The molecule has 2 rings (SSSR count). The minimum absolute atomic E-state index is 0. The van der Waals surface area contributed by atoms with Gasteiger partial charge in [0.2, 0.25) is 5.91 Å². The van der Waals surface area contributed by atoms with Gasteiger partial charge in [-0.15, -0.1) is 24.0 Å². The first-order chi connectivity index (χ1) is 8.66. The minimum Gasteiger partial charge on any atom is -0.378 e. The number of piperidine rings is 1. The van der Waals surface area contributed by atoms with Crippen molar-refractivity contribution in [1.82, 2.24) is 9.80 Å². The molecular weight excluding hydrogens is 359 g/mol. The first kappa shape index (κ1) is 16.5. The number of amides is 1. The van der Waals surface area contributed by atoms with E-state index in [1.165, 1.54) is 0 Å². The molecule has 1 unspecified atom stereocenters. The van der Waals surface area contributed by atoms with Crippen LogP contribution in [0.1, 0.15) is 12.8 Å². The third kappa shape index (κ3) is 4.79. The summed E-state index contributed by atoms with van der Waals surface area (Å²) in [5.41, 5.74) is 5.95. The van der Waals surface area contributed by atoms with E-state index in [4.69, 9.17) is 10.5 Å². The summed E-state index contributed by atoms with van der Waals surface area (Å²) in [6.07, 6.45) is 1.61. The Morgan fingerprint density at radius 1 is 1.42 bits per heavy atom. The highest BCUT2D eigenvalue weighted by Crippen LogP contribution is 2.17. The van der Waals surface area contributed by atoms with Crippen LogP contribution in [0, 0.1) is 5.92 Å². The predicted molar refractivity (Wildman–Crippen MR) is 84.7 cm³/mol. The number of ether oxygens (including phenoxy) is 1. The molecule has 0 aliphatic carbocycles. The van der Waals surface area contributed by atoms with Gasteiger partial charge in [-0.3, -0.25) is 9.79 Å². The molecule has 0 aromatic rings. The highest BCUT2D eigenvalue weighted by molar-refractivity contribution is 14.0. The highest BCUT2D eigenvalue weighted by Gasteiger charge is 2.23. The number of halogens is 1. The fourth-order valence-corrected chi connectivity index (χ4v) is 2.28. The maximum absolute atomic E-state index is 11.6. The standard InChI is InChI=1S/C12H22N4O2.HI/c1-15-3-2-10(8-11(15)17)9-14-12(13)16-4-6-18-7-5-16;/h10H,2-9H2,1H3,(H2,13,14);1H. The van der Waals surface area contributed by atoms with Crippen LogP contribution in [0.15, 0.2) is 4.99 Å². The van der Waals surface area contributed by atoms with Gasteiger partial charge in [-0.25, -0.2) is 0 Å². The molecule has 0 aromatic heterocycles.